The first-order valence-electron chi connectivity index (χ1n) is 10.9. The number of amides is 1. The lowest BCUT2D eigenvalue weighted by Gasteiger charge is -2.25. The summed E-state index contributed by atoms with van der Waals surface area (Å²) in [6.07, 6.45) is -0.680. The summed E-state index contributed by atoms with van der Waals surface area (Å²) in [6.45, 7) is 4.42. The molecule has 0 bridgehead atoms. The SMILES string of the molecule is CC(C)CS(=O)(=O)N(CC(=O)O)C[C@H](C)NC(=O)OCC1c2ccccc2-c2ccccc21. The van der Waals surface area contributed by atoms with Crippen LogP contribution < -0.4 is 5.32 Å². The number of carboxylic acids is 1. The lowest BCUT2D eigenvalue weighted by molar-refractivity contribution is -0.137. The summed E-state index contributed by atoms with van der Waals surface area (Å²) in [5.41, 5.74) is 4.42. The normalized spacial score (nSPS) is 14.1. The molecule has 1 atom stereocenters. The van der Waals surface area contributed by atoms with Crippen LogP contribution in [0.1, 0.15) is 37.8 Å². The number of sulfonamides is 1. The number of alkyl carbamates (subject to hydrolysis) is 1. The predicted octanol–water partition coefficient (Wildman–Crippen LogP) is 3.29. The zero-order chi connectivity index (χ0) is 24.2. The minimum absolute atomic E-state index is 0.0895. The van der Waals surface area contributed by atoms with E-state index in [1.807, 2.05) is 48.5 Å². The summed E-state index contributed by atoms with van der Waals surface area (Å²) in [5.74, 6) is -1.67. The van der Waals surface area contributed by atoms with Crippen LogP contribution in [-0.2, 0) is 19.6 Å². The number of hydrogen-bond donors (Lipinski definition) is 2. The van der Waals surface area contributed by atoms with Gasteiger partial charge < -0.3 is 15.2 Å². The molecule has 0 fully saturated rings. The van der Waals surface area contributed by atoms with Crippen molar-refractivity contribution in [1.82, 2.24) is 9.62 Å². The Morgan fingerprint density at radius 2 is 1.58 bits per heavy atom. The second kappa shape index (κ2) is 10.4. The molecule has 33 heavy (non-hydrogen) atoms. The number of benzene rings is 2. The van der Waals surface area contributed by atoms with Crippen molar-refractivity contribution in [3.8, 4) is 11.1 Å². The predicted molar refractivity (Wildman–Crippen MR) is 126 cm³/mol. The van der Waals surface area contributed by atoms with E-state index in [0.717, 1.165) is 26.6 Å². The highest BCUT2D eigenvalue weighted by molar-refractivity contribution is 7.89. The average molecular weight is 475 g/mol. The highest BCUT2D eigenvalue weighted by Gasteiger charge is 2.30. The van der Waals surface area contributed by atoms with Crippen LogP contribution >= 0.6 is 0 Å². The number of carbonyl (C=O) groups is 2. The van der Waals surface area contributed by atoms with Crippen molar-refractivity contribution >= 4 is 22.1 Å². The summed E-state index contributed by atoms with van der Waals surface area (Å²) in [7, 11) is -3.78. The van der Waals surface area contributed by atoms with Gasteiger partial charge in [-0.3, -0.25) is 4.79 Å². The van der Waals surface area contributed by atoms with Crippen LogP contribution in [0.3, 0.4) is 0 Å². The van der Waals surface area contributed by atoms with Gasteiger partial charge in [0.15, 0.2) is 0 Å². The number of ether oxygens (including phenoxy) is 1. The van der Waals surface area contributed by atoms with E-state index >= 15 is 0 Å². The van der Waals surface area contributed by atoms with Crippen molar-refractivity contribution in [1.29, 1.82) is 0 Å². The Hall–Kier alpha value is -2.91. The molecule has 0 saturated carbocycles. The van der Waals surface area contributed by atoms with Crippen molar-refractivity contribution in [2.45, 2.75) is 32.7 Å². The van der Waals surface area contributed by atoms with Gasteiger partial charge in [0.1, 0.15) is 13.2 Å². The number of fused-ring (bicyclic) bond motifs is 3. The Labute approximate surface area is 194 Å². The molecule has 2 aromatic carbocycles. The quantitative estimate of drug-likeness (QED) is 0.546. The summed E-state index contributed by atoms with van der Waals surface area (Å²) in [6, 6.07) is 15.4. The van der Waals surface area contributed by atoms with Gasteiger partial charge in [0, 0.05) is 18.5 Å². The molecule has 8 nitrogen and oxygen atoms in total. The van der Waals surface area contributed by atoms with Crippen LogP contribution in [0.5, 0.6) is 0 Å². The zero-order valence-corrected chi connectivity index (χ0v) is 19.8. The van der Waals surface area contributed by atoms with Gasteiger partial charge in [0.25, 0.3) is 0 Å². The van der Waals surface area contributed by atoms with Crippen LogP contribution in [0.25, 0.3) is 11.1 Å². The molecular formula is C24H30N2O6S. The van der Waals surface area contributed by atoms with E-state index < -0.39 is 34.7 Å². The maximum Gasteiger partial charge on any atom is 0.407 e. The molecule has 178 valence electrons. The molecule has 0 radical (unpaired) electrons. The van der Waals surface area contributed by atoms with E-state index in [0.29, 0.717) is 0 Å². The minimum Gasteiger partial charge on any atom is -0.480 e. The Balaban J connectivity index is 1.62. The molecule has 2 aromatic rings. The standard InChI is InChI=1S/C24H30N2O6S/c1-16(2)15-33(30,31)26(13-23(27)28)12-17(3)25-24(29)32-14-22-20-10-6-4-8-18(20)19-9-5-7-11-21(19)22/h4-11,16-17,22H,12-15H2,1-3H3,(H,25,29)(H,27,28)/t17-/m0/s1. The Bertz CT molecular complexity index is 1070. The molecule has 0 unspecified atom stereocenters. The van der Waals surface area contributed by atoms with Crippen molar-refractivity contribution in [2.75, 3.05) is 25.4 Å². The van der Waals surface area contributed by atoms with E-state index in [2.05, 4.69) is 5.32 Å². The number of carboxylic acid groups (broad SMARTS) is 1. The summed E-state index contributed by atoms with van der Waals surface area (Å²) in [5, 5.41) is 11.7. The molecule has 0 aromatic heterocycles. The van der Waals surface area contributed by atoms with Crippen molar-refractivity contribution in [3.05, 3.63) is 59.7 Å². The first-order valence-corrected chi connectivity index (χ1v) is 12.5. The zero-order valence-electron chi connectivity index (χ0n) is 19.0. The molecule has 0 saturated heterocycles. The molecule has 1 aliphatic carbocycles. The maximum absolute atomic E-state index is 12.5. The topological polar surface area (TPSA) is 113 Å². The fourth-order valence-electron chi connectivity index (χ4n) is 4.15. The lowest BCUT2D eigenvalue weighted by atomic mass is 9.98. The van der Waals surface area contributed by atoms with Gasteiger partial charge in [0.05, 0.1) is 5.75 Å². The molecule has 0 spiro atoms. The highest BCUT2D eigenvalue weighted by Crippen LogP contribution is 2.44. The third-order valence-electron chi connectivity index (χ3n) is 5.43. The van der Waals surface area contributed by atoms with E-state index in [1.54, 1.807) is 20.8 Å². The van der Waals surface area contributed by atoms with Gasteiger partial charge in [-0.05, 0) is 35.1 Å². The Morgan fingerprint density at radius 3 is 2.09 bits per heavy atom. The van der Waals surface area contributed by atoms with E-state index in [-0.39, 0.29) is 30.7 Å². The molecule has 1 amide bonds. The highest BCUT2D eigenvalue weighted by atomic mass is 32.2. The number of nitrogens with zero attached hydrogens (tertiary/aromatic N) is 1. The largest absolute Gasteiger partial charge is 0.480 e. The Morgan fingerprint density at radius 1 is 1.03 bits per heavy atom. The molecule has 1 aliphatic rings. The number of carbonyl (C=O) groups excluding carboxylic acids is 1. The van der Waals surface area contributed by atoms with Crippen molar-refractivity contribution in [2.24, 2.45) is 5.92 Å². The number of hydrogen-bond acceptors (Lipinski definition) is 5. The van der Waals surface area contributed by atoms with Gasteiger partial charge in [-0.25, -0.2) is 13.2 Å². The molecule has 9 heteroatoms. The van der Waals surface area contributed by atoms with Crippen LogP contribution in [0, 0.1) is 5.92 Å². The van der Waals surface area contributed by atoms with E-state index in [4.69, 9.17) is 9.84 Å². The molecule has 0 aliphatic heterocycles. The molecule has 0 heterocycles. The number of nitrogens with one attached hydrogen (secondary N) is 1. The number of aliphatic carboxylic acids is 1. The van der Waals surface area contributed by atoms with Gasteiger partial charge in [-0.2, -0.15) is 4.31 Å². The monoisotopic (exact) mass is 474 g/mol. The summed E-state index contributed by atoms with van der Waals surface area (Å²) < 4.78 is 31.5. The molecule has 3 rings (SSSR count). The van der Waals surface area contributed by atoms with Crippen LogP contribution in [0.4, 0.5) is 4.79 Å². The van der Waals surface area contributed by atoms with Crippen molar-refractivity contribution in [3.63, 3.8) is 0 Å². The smallest absolute Gasteiger partial charge is 0.407 e. The van der Waals surface area contributed by atoms with Gasteiger partial charge in [0.2, 0.25) is 10.0 Å². The summed E-state index contributed by atoms with van der Waals surface area (Å²) >= 11 is 0. The second-order valence-electron chi connectivity index (χ2n) is 8.73. The van der Waals surface area contributed by atoms with Crippen LogP contribution in [0.2, 0.25) is 0 Å². The van der Waals surface area contributed by atoms with Crippen molar-refractivity contribution < 1.29 is 27.9 Å². The minimum atomic E-state index is -3.78. The fourth-order valence-corrected chi connectivity index (χ4v) is 5.96. The van der Waals surface area contributed by atoms with Gasteiger partial charge in [-0.1, -0.05) is 62.4 Å². The third kappa shape index (κ3) is 6.11. The first-order chi connectivity index (χ1) is 15.6. The molecular weight excluding hydrogens is 444 g/mol. The van der Waals surface area contributed by atoms with E-state index in [9.17, 15) is 18.0 Å². The number of rotatable bonds is 10. The first kappa shape index (κ1) is 24.7. The second-order valence-corrected chi connectivity index (χ2v) is 10.7. The van der Waals surface area contributed by atoms with Gasteiger partial charge >= 0.3 is 12.1 Å². The van der Waals surface area contributed by atoms with Gasteiger partial charge in [-0.15, -0.1) is 0 Å². The van der Waals surface area contributed by atoms with Crippen LogP contribution in [0.15, 0.2) is 48.5 Å². The fraction of sp³-hybridized carbons (Fsp3) is 0.417. The third-order valence-corrected chi connectivity index (χ3v) is 7.59. The Kier molecular flexibility index (Phi) is 7.76. The van der Waals surface area contributed by atoms with E-state index in [1.165, 1.54) is 0 Å². The average Bonchev–Trinajstić information content (AvgIpc) is 3.04. The van der Waals surface area contributed by atoms with Crippen LogP contribution in [-0.4, -0.2) is 61.4 Å². The maximum atomic E-state index is 12.5. The lowest BCUT2D eigenvalue weighted by Crippen LogP contribution is -2.47. The molecule has 2 N–H and O–H groups in total. The summed E-state index contributed by atoms with van der Waals surface area (Å²) in [4.78, 5) is 23.6.